The van der Waals surface area contributed by atoms with E-state index in [-0.39, 0.29) is 18.0 Å². The van der Waals surface area contributed by atoms with Crippen LogP contribution in [0.3, 0.4) is 0 Å². The molecule has 0 amide bonds. The van der Waals surface area contributed by atoms with Gasteiger partial charge in [0.05, 0.1) is 4.90 Å². The van der Waals surface area contributed by atoms with Crippen LogP contribution in [-0.4, -0.2) is 49.1 Å². The Hall–Kier alpha value is -1.65. The second kappa shape index (κ2) is 6.26. The maximum absolute atomic E-state index is 13.4. The van der Waals surface area contributed by atoms with Gasteiger partial charge in [-0.15, -0.1) is 10.2 Å². The molecule has 1 saturated heterocycles. The summed E-state index contributed by atoms with van der Waals surface area (Å²) in [4.78, 5) is 1.78. The highest BCUT2D eigenvalue weighted by Gasteiger charge is 2.32. The van der Waals surface area contributed by atoms with Crippen molar-refractivity contribution in [2.45, 2.75) is 23.7 Å². The summed E-state index contributed by atoms with van der Waals surface area (Å²) in [6, 6.07) is 2.65. The van der Waals surface area contributed by atoms with E-state index in [1.54, 1.807) is 11.3 Å². The van der Waals surface area contributed by atoms with Crippen LogP contribution in [0.5, 0.6) is 0 Å². The molecule has 2 fully saturated rings. The van der Waals surface area contributed by atoms with Crippen LogP contribution >= 0.6 is 11.3 Å². The summed E-state index contributed by atoms with van der Waals surface area (Å²) in [5.41, 5.74) is 0. The third-order valence-corrected chi connectivity index (χ3v) is 7.44. The standard InChI is InChI=1S/C15H16F2N4O2S2/c16-12-4-3-11(9-13(12)17)25(22,23)21-7-5-20(6-8-21)15-19-18-14(24-15)10-1-2-10/h3-4,9-10H,1-2,5-8H2. The molecule has 0 unspecified atom stereocenters. The molecule has 4 rings (SSSR count). The highest BCUT2D eigenvalue weighted by atomic mass is 32.2. The van der Waals surface area contributed by atoms with Gasteiger partial charge >= 0.3 is 0 Å². The molecule has 1 aromatic carbocycles. The smallest absolute Gasteiger partial charge is 0.243 e. The number of sulfonamides is 1. The molecule has 0 N–H and O–H groups in total. The van der Waals surface area contributed by atoms with E-state index in [2.05, 4.69) is 10.2 Å². The van der Waals surface area contributed by atoms with Crippen molar-refractivity contribution >= 4 is 26.5 Å². The Balaban J connectivity index is 1.45. The van der Waals surface area contributed by atoms with Gasteiger partial charge in [0.25, 0.3) is 0 Å². The maximum atomic E-state index is 13.4. The van der Waals surface area contributed by atoms with Crippen molar-refractivity contribution in [3.8, 4) is 0 Å². The first-order chi connectivity index (χ1) is 11.9. The molecular weight excluding hydrogens is 370 g/mol. The lowest BCUT2D eigenvalue weighted by molar-refractivity contribution is 0.384. The maximum Gasteiger partial charge on any atom is 0.243 e. The zero-order valence-corrected chi connectivity index (χ0v) is 14.9. The molecule has 0 atom stereocenters. The summed E-state index contributed by atoms with van der Waals surface area (Å²) in [5, 5.41) is 10.3. The van der Waals surface area contributed by atoms with Crippen LogP contribution in [0.4, 0.5) is 13.9 Å². The number of nitrogens with zero attached hydrogens (tertiary/aromatic N) is 4. The number of hydrogen-bond acceptors (Lipinski definition) is 6. The first kappa shape index (κ1) is 16.8. The number of halogens is 2. The molecule has 1 aliphatic carbocycles. The van der Waals surface area contributed by atoms with Crippen LogP contribution in [0, 0.1) is 11.6 Å². The van der Waals surface area contributed by atoms with Crippen LogP contribution in [-0.2, 0) is 10.0 Å². The van der Waals surface area contributed by atoms with Crippen LogP contribution in [0.2, 0.25) is 0 Å². The summed E-state index contributed by atoms with van der Waals surface area (Å²) in [6.45, 7) is 1.50. The fraction of sp³-hybridized carbons (Fsp3) is 0.467. The Bertz CT molecular complexity index is 891. The fourth-order valence-electron chi connectivity index (χ4n) is 2.76. The molecule has 1 aliphatic heterocycles. The fourth-order valence-corrected chi connectivity index (χ4v) is 5.25. The van der Waals surface area contributed by atoms with E-state index >= 15 is 0 Å². The lowest BCUT2D eigenvalue weighted by atomic mass is 10.3. The van der Waals surface area contributed by atoms with E-state index in [4.69, 9.17) is 0 Å². The molecule has 0 radical (unpaired) electrons. The SMILES string of the molecule is O=S(=O)(c1ccc(F)c(F)c1)N1CCN(c2nnc(C3CC3)s2)CC1. The molecule has 134 valence electrons. The molecule has 10 heteroatoms. The quantitative estimate of drug-likeness (QED) is 0.806. The second-order valence-corrected chi connectivity index (χ2v) is 9.09. The third kappa shape index (κ3) is 3.25. The van der Waals surface area contributed by atoms with Crippen molar-refractivity contribution in [1.82, 2.24) is 14.5 Å². The summed E-state index contributed by atoms with van der Waals surface area (Å²) in [7, 11) is -3.84. The summed E-state index contributed by atoms with van der Waals surface area (Å²) >= 11 is 1.56. The topological polar surface area (TPSA) is 66.4 Å². The molecule has 6 nitrogen and oxygen atoms in total. The first-order valence-corrected chi connectivity index (χ1v) is 10.2. The van der Waals surface area contributed by atoms with E-state index in [9.17, 15) is 17.2 Å². The molecule has 0 bridgehead atoms. The zero-order chi connectivity index (χ0) is 17.6. The van der Waals surface area contributed by atoms with Crippen LogP contribution < -0.4 is 4.90 Å². The molecule has 0 spiro atoms. The van der Waals surface area contributed by atoms with Gasteiger partial charge < -0.3 is 4.90 Å². The van der Waals surface area contributed by atoms with Crippen molar-refractivity contribution in [3.05, 3.63) is 34.8 Å². The van der Waals surface area contributed by atoms with Crippen LogP contribution in [0.1, 0.15) is 23.8 Å². The van der Waals surface area contributed by atoms with E-state index in [1.807, 2.05) is 4.90 Å². The number of hydrogen-bond donors (Lipinski definition) is 0. The average molecular weight is 386 g/mol. The number of benzene rings is 1. The molecule has 2 heterocycles. The van der Waals surface area contributed by atoms with Gasteiger partial charge in [0.15, 0.2) is 11.6 Å². The number of piperazine rings is 1. The van der Waals surface area contributed by atoms with Crippen LogP contribution in [0.15, 0.2) is 23.1 Å². The average Bonchev–Trinajstić information content (AvgIpc) is 3.34. The van der Waals surface area contributed by atoms with Gasteiger partial charge in [0, 0.05) is 32.1 Å². The van der Waals surface area contributed by atoms with Gasteiger partial charge in [-0.3, -0.25) is 0 Å². The van der Waals surface area contributed by atoms with E-state index < -0.39 is 21.7 Å². The van der Waals surface area contributed by atoms with Crippen molar-refractivity contribution in [1.29, 1.82) is 0 Å². The lowest BCUT2D eigenvalue weighted by Gasteiger charge is -2.33. The molecule has 1 aromatic heterocycles. The Labute approximate surface area is 148 Å². The van der Waals surface area contributed by atoms with E-state index in [1.165, 1.54) is 4.31 Å². The monoisotopic (exact) mass is 386 g/mol. The Kier molecular flexibility index (Phi) is 4.20. The van der Waals surface area contributed by atoms with E-state index in [0.29, 0.717) is 19.0 Å². The molecule has 2 aromatic rings. The molecule has 25 heavy (non-hydrogen) atoms. The van der Waals surface area contributed by atoms with Gasteiger partial charge in [-0.05, 0) is 31.0 Å². The number of aromatic nitrogens is 2. The minimum absolute atomic E-state index is 0.230. The van der Waals surface area contributed by atoms with Crippen LogP contribution in [0.25, 0.3) is 0 Å². The van der Waals surface area contributed by atoms with Gasteiger partial charge in [-0.1, -0.05) is 11.3 Å². The van der Waals surface area contributed by atoms with Crippen molar-refractivity contribution in [3.63, 3.8) is 0 Å². The van der Waals surface area contributed by atoms with E-state index in [0.717, 1.165) is 41.2 Å². The first-order valence-electron chi connectivity index (χ1n) is 7.99. The van der Waals surface area contributed by atoms with Crippen molar-refractivity contribution < 1.29 is 17.2 Å². The predicted octanol–water partition coefficient (Wildman–Crippen LogP) is 2.20. The van der Waals surface area contributed by atoms with Gasteiger partial charge in [0.1, 0.15) is 5.01 Å². The second-order valence-electron chi connectivity index (χ2n) is 6.16. The molecule has 1 saturated carbocycles. The van der Waals surface area contributed by atoms with Gasteiger partial charge in [0.2, 0.25) is 15.2 Å². The molecule has 2 aliphatic rings. The highest BCUT2D eigenvalue weighted by molar-refractivity contribution is 7.89. The minimum atomic E-state index is -3.84. The highest BCUT2D eigenvalue weighted by Crippen LogP contribution is 2.42. The van der Waals surface area contributed by atoms with Gasteiger partial charge in [-0.25, -0.2) is 17.2 Å². The summed E-state index contributed by atoms with van der Waals surface area (Å²) in [6.07, 6.45) is 2.32. The lowest BCUT2D eigenvalue weighted by Crippen LogP contribution is -2.48. The summed E-state index contributed by atoms with van der Waals surface area (Å²) < 4.78 is 52.8. The van der Waals surface area contributed by atoms with Gasteiger partial charge in [-0.2, -0.15) is 4.31 Å². The largest absolute Gasteiger partial charge is 0.344 e. The Morgan fingerprint density at radius 2 is 1.76 bits per heavy atom. The molecular formula is C15H16F2N4O2S2. The Morgan fingerprint density at radius 3 is 2.40 bits per heavy atom. The summed E-state index contributed by atoms with van der Waals surface area (Å²) in [5.74, 6) is -1.69. The predicted molar refractivity (Wildman–Crippen MR) is 89.2 cm³/mol. The number of anilines is 1. The zero-order valence-electron chi connectivity index (χ0n) is 13.2. The minimum Gasteiger partial charge on any atom is -0.344 e. The number of rotatable bonds is 4. The van der Waals surface area contributed by atoms with Crippen molar-refractivity contribution in [2.24, 2.45) is 0 Å². The van der Waals surface area contributed by atoms with Crippen molar-refractivity contribution in [2.75, 3.05) is 31.1 Å². The third-order valence-electron chi connectivity index (χ3n) is 4.39. The normalized spacial score (nSPS) is 19.4. The Morgan fingerprint density at radius 1 is 1.04 bits per heavy atom.